The Morgan fingerprint density at radius 3 is 2.93 bits per heavy atom. The van der Waals surface area contributed by atoms with Gasteiger partial charge in [0.2, 0.25) is 0 Å². The van der Waals surface area contributed by atoms with Crippen molar-refractivity contribution in [2.24, 2.45) is 0 Å². The molecule has 0 aliphatic carbocycles. The Balaban J connectivity index is 2.79. The molecule has 78 valence electrons. The lowest BCUT2D eigenvalue weighted by Gasteiger charge is -2.07. The van der Waals surface area contributed by atoms with Gasteiger partial charge in [0, 0.05) is 11.5 Å². The number of hydrogen-bond acceptors (Lipinski definition) is 5. The Morgan fingerprint density at radius 2 is 2.29 bits per heavy atom. The van der Waals surface area contributed by atoms with Gasteiger partial charge in [0.1, 0.15) is 4.64 Å². The number of ether oxygens (including phenoxy) is 1. The number of aromatic nitrogens is 2. The molecular formula is C8H12N2OS3. The maximum Gasteiger partial charge on any atom is 0.137 e. The highest BCUT2D eigenvalue weighted by Gasteiger charge is 2.01. The summed E-state index contributed by atoms with van der Waals surface area (Å²) in [5.74, 6) is 0. The van der Waals surface area contributed by atoms with E-state index in [1.807, 2.05) is 6.92 Å². The molecule has 0 atom stereocenters. The molecule has 3 nitrogen and oxygen atoms in total. The molecule has 0 radical (unpaired) electrons. The van der Waals surface area contributed by atoms with Crippen molar-refractivity contribution in [3.63, 3.8) is 0 Å². The Kier molecular flexibility index (Phi) is 4.94. The highest BCUT2D eigenvalue weighted by Crippen LogP contribution is 2.17. The SMILES string of the molecule is CCOCCn1ncc(S)c(S)c1=S. The molecule has 6 heteroatoms. The molecule has 0 saturated carbocycles. The van der Waals surface area contributed by atoms with E-state index in [9.17, 15) is 0 Å². The predicted octanol–water partition coefficient (Wildman–Crippen LogP) is 2.23. The van der Waals surface area contributed by atoms with Gasteiger partial charge in [0.05, 0.1) is 24.2 Å². The summed E-state index contributed by atoms with van der Waals surface area (Å²) < 4.78 is 7.50. The number of rotatable bonds is 4. The molecule has 14 heavy (non-hydrogen) atoms. The highest BCUT2D eigenvalue weighted by molar-refractivity contribution is 7.84. The molecule has 0 amide bonds. The van der Waals surface area contributed by atoms with E-state index in [-0.39, 0.29) is 0 Å². The van der Waals surface area contributed by atoms with Gasteiger partial charge in [-0.2, -0.15) is 5.10 Å². The second-order valence-electron chi connectivity index (χ2n) is 2.60. The molecule has 0 spiro atoms. The Morgan fingerprint density at radius 1 is 1.57 bits per heavy atom. The van der Waals surface area contributed by atoms with Crippen LogP contribution in [0.15, 0.2) is 16.0 Å². The molecule has 0 aromatic carbocycles. The monoisotopic (exact) mass is 248 g/mol. The average molecular weight is 248 g/mol. The van der Waals surface area contributed by atoms with Crippen LogP contribution in [-0.4, -0.2) is 23.0 Å². The third kappa shape index (κ3) is 2.98. The van der Waals surface area contributed by atoms with E-state index in [1.165, 1.54) is 0 Å². The molecule has 1 aromatic rings. The number of nitrogens with zero attached hydrogens (tertiary/aromatic N) is 2. The van der Waals surface area contributed by atoms with E-state index >= 15 is 0 Å². The van der Waals surface area contributed by atoms with Gasteiger partial charge < -0.3 is 4.74 Å². The quantitative estimate of drug-likeness (QED) is 0.486. The zero-order valence-corrected chi connectivity index (χ0v) is 10.4. The summed E-state index contributed by atoms with van der Waals surface area (Å²) in [4.78, 5) is 1.39. The first-order valence-corrected chi connectivity index (χ1v) is 5.53. The molecule has 0 bridgehead atoms. The lowest BCUT2D eigenvalue weighted by Crippen LogP contribution is -2.10. The maximum absolute atomic E-state index is 5.21. The van der Waals surface area contributed by atoms with Crippen molar-refractivity contribution in [2.75, 3.05) is 13.2 Å². The summed E-state index contributed by atoms with van der Waals surface area (Å²) in [6.45, 7) is 3.91. The van der Waals surface area contributed by atoms with E-state index in [1.54, 1.807) is 10.9 Å². The summed E-state index contributed by atoms with van der Waals surface area (Å²) in [5.41, 5.74) is 0. The zero-order chi connectivity index (χ0) is 10.6. The van der Waals surface area contributed by atoms with Crippen LogP contribution in [0.3, 0.4) is 0 Å². The smallest absolute Gasteiger partial charge is 0.137 e. The first-order valence-electron chi connectivity index (χ1n) is 4.22. The topological polar surface area (TPSA) is 27.1 Å². The minimum atomic E-state index is 0.598. The minimum absolute atomic E-state index is 0.598. The maximum atomic E-state index is 5.21. The van der Waals surface area contributed by atoms with E-state index in [2.05, 4.69) is 30.4 Å². The van der Waals surface area contributed by atoms with Gasteiger partial charge in [-0.3, -0.25) is 4.68 Å². The molecule has 1 aromatic heterocycles. The van der Waals surface area contributed by atoms with Gasteiger partial charge in [0.25, 0.3) is 0 Å². The molecule has 0 fully saturated rings. The average Bonchev–Trinajstić information content (AvgIpc) is 2.18. The number of hydrogen-bond donors (Lipinski definition) is 2. The predicted molar refractivity (Wildman–Crippen MR) is 64.1 cm³/mol. The minimum Gasteiger partial charge on any atom is -0.380 e. The fraction of sp³-hybridized carbons (Fsp3) is 0.500. The molecule has 0 aliphatic rings. The summed E-state index contributed by atoms with van der Waals surface area (Å²) in [5, 5.41) is 4.12. The summed E-state index contributed by atoms with van der Waals surface area (Å²) in [6.07, 6.45) is 1.63. The van der Waals surface area contributed by atoms with Gasteiger partial charge in [0.15, 0.2) is 0 Å². The van der Waals surface area contributed by atoms with Crippen LogP contribution in [0.2, 0.25) is 0 Å². The Hall–Kier alpha value is -0.0400. The van der Waals surface area contributed by atoms with Crippen LogP contribution in [-0.2, 0) is 11.3 Å². The largest absolute Gasteiger partial charge is 0.380 e. The lowest BCUT2D eigenvalue weighted by molar-refractivity contribution is 0.135. The second kappa shape index (κ2) is 5.75. The lowest BCUT2D eigenvalue weighted by atomic mass is 10.5. The standard InChI is InChI=1S/C8H12N2OS3/c1-2-11-4-3-10-8(14)7(13)6(12)5-9-10/h5,12-13H,2-4H2,1H3. The summed E-state index contributed by atoms with van der Waals surface area (Å²) in [7, 11) is 0. The van der Waals surface area contributed by atoms with Crippen LogP contribution in [0.1, 0.15) is 6.92 Å². The molecule has 0 N–H and O–H groups in total. The Labute approximate surface area is 99.3 Å². The van der Waals surface area contributed by atoms with Crippen LogP contribution in [0.25, 0.3) is 0 Å². The van der Waals surface area contributed by atoms with Crippen molar-refractivity contribution >= 4 is 37.5 Å². The summed E-state index contributed by atoms with van der Waals surface area (Å²) in [6, 6.07) is 0. The number of thiol groups is 2. The van der Waals surface area contributed by atoms with Gasteiger partial charge in [-0.05, 0) is 6.92 Å². The third-order valence-electron chi connectivity index (χ3n) is 1.65. The van der Waals surface area contributed by atoms with Crippen LogP contribution in [0.5, 0.6) is 0 Å². The zero-order valence-electron chi connectivity index (χ0n) is 7.80. The Bertz CT molecular complexity index is 364. The van der Waals surface area contributed by atoms with Crippen LogP contribution in [0, 0.1) is 4.64 Å². The highest BCUT2D eigenvalue weighted by atomic mass is 32.1. The van der Waals surface area contributed by atoms with Crippen molar-refractivity contribution in [2.45, 2.75) is 23.3 Å². The van der Waals surface area contributed by atoms with Crippen LogP contribution < -0.4 is 0 Å². The second-order valence-corrected chi connectivity index (χ2v) is 3.92. The van der Waals surface area contributed by atoms with E-state index in [0.29, 0.717) is 34.2 Å². The molecular weight excluding hydrogens is 236 g/mol. The van der Waals surface area contributed by atoms with Gasteiger partial charge in [-0.25, -0.2) is 0 Å². The fourth-order valence-corrected chi connectivity index (χ4v) is 1.58. The molecule has 0 saturated heterocycles. The van der Waals surface area contributed by atoms with Crippen LogP contribution >= 0.6 is 37.5 Å². The van der Waals surface area contributed by atoms with Gasteiger partial charge in [-0.15, -0.1) is 25.3 Å². The third-order valence-corrected chi connectivity index (χ3v) is 3.18. The summed E-state index contributed by atoms with van der Waals surface area (Å²) >= 11 is 13.6. The van der Waals surface area contributed by atoms with Crippen molar-refractivity contribution in [3.05, 3.63) is 10.8 Å². The van der Waals surface area contributed by atoms with E-state index in [0.717, 1.165) is 0 Å². The van der Waals surface area contributed by atoms with Crippen molar-refractivity contribution in [1.82, 2.24) is 9.78 Å². The molecule has 0 unspecified atom stereocenters. The van der Waals surface area contributed by atoms with Gasteiger partial charge in [-0.1, -0.05) is 12.2 Å². The van der Waals surface area contributed by atoms with Crippen molar-refractivity contribution in [1.29, 1.82) is 0 Å². The molecule has 1 rings (SSSR count). The first kappa shape index (κ1) is 12.0. The van der Waals surface area contributed by atoms with E-state index in [4.69, 9.17) is 17.0 Å². The molecule has 1 heterocycles. The van der Waals surface area contributed by atoms with E-state index < -0.39 is 0 Å². The van der Waals surface area contributed by atoms with Crippen molar-refractivity contribution < 1.29 is 4.74 Å². The normalized spacial score (nSPS) is 10.5. The fourth-order valence-electron chi connectivity index (χ4n) is 0.924. The van der Waals surface area contributed by atoms with Crippen molar-refractivity contribution in [3.8, 4) is 0 Å². The first-order chi connectivity index (χ1) is 6.66. The van der Waals surface area contributed by atoms with Crippen LogP contribution in [0.4, 0.5) is 0 Å². The molecule has 0 aliphatic heterocycles. The van der Waals surface area contributed by atoms with Gasteiger partial charge >= 0.3 is 0 Å².